The van der Waals surface area contributed by atoms with E-state index in [1.54, 1.807) is 0 Å². The molecule has 104 valence electrons. The zero-order valence-electron chi connectivity index (χ0n) is 12.0. The lowest BCUT2D eigenvalue weighted by Gasteiger charge is -2.23. The van der Waals surface area contributed by atoms with Crippen molar-refractivity contribution in [3.63, 3.8) is 0 Å². The number of hydrogen-bond acceptors (Lipinski definition) is 1. The second-order valence-corrected chi connectivity index (χ2v) is 5.53. The van der Waals surface area contributed by atoms with Gasteiger partial charge in [0.05, 0.1) is 0 Å². The van der Waals surface area contributed by atoms with E-state index in [9.17, 15) is 4.53 Å². The lowest BCUT2D eigenvalue weighted by atomic mass is 9.84. The normalized spacial score (nSPS) is 21.1. The van der Waals surface area contributed by atoms with Crippen LogP contribution in [0.5, 0.6) is 0 Å². The summed E-state index contributed by atoms with van der Waals surface area (Å²) in [5, 5.41) is 0. The molecule has 1 saturated carbocycles. The molecular formula is C16H27FO. The number of allylic oxidation sites excluding steroid dienone is 3. The van der Waals surface area contributed by atoms with E-state index in [0.29, 0.717) is 0 Å². The first kappa shape index (κ1) is 15.4. The van der Waals surface area contributed by atoms with Crippen molar-refractivity contribution in [1.82, 2.24) is 0 Å². The van der Waals surface area contributed by atoms with Crippen LogP contribution in [0.2, 0.25) is 0 Å². The first-order chi connectivity index (χ1) is 8.69. The molecule has 1 atom stereocenters. The van der Waals surface area contributed by atoms with Crippen molar-refractivity contribution < 1.29 is 9.47 Å². The van der Waals surface area contributed by atoms with E-state index in [2.05, 4.69) is 4.94 Å². The number of hydrogen-bond donors (Lipinski definition) is 0. The van der Waals surface area contributed by atoms with Crippen LogP contribution in [0.15, 0.2) is 23.3 Å². The molecule has 0 aromatic carbocycles. The Morgan fingerprint density at radius 3 is 2.50 bits per heavy atom. The summed E-state index contributed by atoms with van der Waals surface area (Å²) < 4.78 is 12.7. The van der Waals surface area contributed by atoms with E-state index in [4.69, 9.17) is 0 Å². The Bertz CT molecular complexity index is 287. The second kappa shape index (κ2) is 8.47. The molecule has 1 aliphatic rings. The fourth-order valence-corrected chi connectivity index (χ4v) is 2.83. The molecule has 0 saturated heterocycles. The Morgan fingerprint density at radius 1 is 1.28 bits per heavy atom. The highest BCUT2D eigenvalue weighted by Crippen LogP contribution is 2.29. The van der Waals surface area contributed by atoms with Gasteiger partial charge < -0.3 is 0 Å². The van der Waals surface area contributed by atoms with Crippen LogP contribution < -0.4 is 0 Å². The average Bonchev–Trinajstić information content (AvgIpc) is 2.40. The highest BCUT2D eigenvalue weighted by atomic mass is 19.3. The van der Waals surface area contributed by atoms with E-state index in [1.165, 1.54) is 32.1 Å². The molecule has 2 heteroatoms. The second-order valence-electron chi connectivity index (χ2n) is 5.53. The summed E-state index contributed by atoms with van der Waals surface area (Å²) in [5.41, 5.74) is 2.13. The van der Waals surface area contributed by atoms with Gasteiger partial charge in [0.2, 0.25) is 0 Å². The van der Waals surface area contributed by atoms with E-state index in [1.807, 2.05) is 32.9 Å². The van der Waals surface area contributed by atoms with Crippen LogP contribution in [0.1, 0.15) is 65.7 Å². The molecule has 0 spiro atoms. The minimum absolute atomic E-state index is 0.358. The third kappa shape index (κ3) is 4.93. The maximum atomic E-state index is 12.7. The molecule has 0 bridgehead atoms. The monoisotopic (exact) mass is 254 g/mol. The van der Waals surface area contributed by atoms with Crippen molar-refractivity contribution >= 4 is 0 Å². The molecule has 1 unspecified atom stereocenters. The maximum Gasteiger partial charge on any atom is 0.120 e. The summed E-state index contributed by atoms with van der Waals surface area (Å²) in [5.74, 6) is 0.784. The minimum atomic E-state index is -0.358. The van der Waals surface area contributed by atoms with Gasteiger partial charge in [-0.15, -0.1) is 0 Å². The molecule has 0 amide bonds. The van der Waals surface area contributed by atoms with Gasteiger partial charge in [0.15, 0.2) is 0 Å². The molecule has 0 radical (unpaired) electrons. The molecule has 1 fully saturated rings. The molecule has 0 heterocycles. The zero-order valence-corrected chi connectivity index (χ0v) is 12.0. The van der Waals surface area contributed by atoms with Crippen molar-refractivity contribution in [2.75, 3.05) is 0 Å². The summed E-state index contributed by atoms with van der Waals surface area (Å²) in [6.45, 7) is 5.96. The van der Waals surface area contributed by atoms with Crippen molar-refractivity contribution in [2.24, 2.45) is 5.92 Å². The summed E-state index contributed by atoms with van der Waals surface area (Å²) in [6, 6.07) is 0. The largest absolute Gasteiger partial charge is 0.186 e. The average molecular weight is 254 g/mol. The molecule has 1 nitrogen and oxygen atoms in total. The SMILES string of the molecule is C/C=C\C(C)=C(/C)C(CCC1CCCCC1)OF. The summed E-state index contributed by atoms with van der Waals surface area (Å²) >= 11 is 0. The Hall–Kier alpha value is -0.630. The van der Waals surface area contributed by atoms with Gasteiger partial charge in [0, 0.05) is 0 Å². The molecule has 0 aromatic rings. The van der Waals surface area contributed by atoms with Crippen LogP contribution in [0, 0.1) is 5.92 Å². The predicted octanol–water partition coefficient (Wildman–Crippen LogP) is 5.53. The Balaban J connectivity index is 2.48. The standard InChI is InChI=1S/C16H27FO/c1-4-8-13(2)14(3)16(18-17)12-11-15-9-6-5-7-10-15/h4,8,15-16H,5-7,9-12H2,1-3H3/b8-4-,14-13+. The lowest BCUT2D eigenvalue weighted by molar-refractivity contribution is -0.168. The van der Waals surface area contributed by atoms with Crippen molar-refractivity contribution in [3.8, 4) is 0 Å². The van der Waals surface area contributed by atoms with Gasteiger partial charge in [0.1, 0.15) is 6.10 Å². The fraction of sp³-hybridized carbons (Fsp3) is 0.750. The third-order valence-corrected chi connectivity index (χ3v) is 4.19. The molecule has 0 aromatic heterocycles. The van der Waals surface area contributed by atoms with Gasteiger partial charge in [-0.3, -0.25) is 0 Å². The van der Waals surface area contributed by atoms with Gasteiger partial charge in [-0.05, 0) is 55.2 Å². The van der Waals surface area contributed by atoms with Crippen molar-refractivity contribution in [3.05, 3.63) is 23.3 Å². The van der Waals surface area contributed by atoms with E-state index < -0.39 is 0 Å². The number of halogens is 1. The quantitative estimate of drug-likeness (QED) is 0.566. The van der Waals surface area contributed by atoms with Gasteiger partial charge in [-0.1, -0.05) is 44.3 Å². The summed E-state index contributed by atoms with van der Waals surface area (Å²) in [6.07, 6.45) is 12.2. The van der Waals surface area contributed by atoms with Crippen LogP contribution in [-0.4, -0.2) is 6.10 Å². The molecule has 18 heavy (non-hydrogen) atoms. The van der Waals surface area contributed by atoms with Crippen LogP contribution in [0.25, 0.3) is 0 Å². The molecule has 0 aliphatic heterocycles. The van der Waals surface area contributed by atoms with E-state index in [-0.39, 0.29) is 6.10 Å². The molecule has 1 aliphatic carbocycles. The van der Waals surface area contributed by atoms with E-state index in [0.717, 1.165) is 29.9 Å². The van der Waals surface area contributed by atoms with E-state index >= 15 is 0 Å². The van der Waals surface area contributed by atoms with Crippen molar-refractivity contribution in [2.45, 2.75) is 71.8 Å². The Kier molecular flexibility index (Phi) is 7.26. The topological polar surface area (TPSA) is 9.23 Å². The third-order valence-electron chi connectivity index (χ3n) is 4.19. The molecular weight excluding hydrogens is 227 g/mol. The van der Waals surface area contributed by atoms with Gasteiger partial charge in [-0.2, -0.15) is 4.94 Å². The lowest BCUT2D eigenvalue weighted by Crippen LogP contribution is -2.15. The first-order valence-corrected chi connectivity index (χ1v) is 7.26. The maximum absolute atomic E-state index is 12.7. The Morgan fingerprint density at radius 2 is 1.94 bits per heavy atom. The van der Waals surface area contributed by atoms with Crippen LogP contribution in [0.3, 0.4) is 0 Å². The van der Waals surface area contributed by atoms with Gasteiger partial charge in [-0.25, -0.2) is 0 Å². The smallest absolute Gasteiger partial charge is 0.120 e. The van der Waals surface area contributed by atoms with Gasteiger partial charge in [0.25, 0.3) is 0 Å². The number of rotatable bonds is 6. The van der Waals surface area contributed by atoms with Gasteiger partial charge >= 0.3 is 0 Å². The molecule has 1 rings (SSSR count). The first-order valence-electron chi connectivity index (χ1n) is 7.26. The van der Waals surface area contributed by atoms with Crippen LogP contribution in [0.4, 0.5) is 4.53 Å². The fourth-order valence-electron chi connectivity index (χ4n) is 2.83. The predicted molar refractivity (Wildman–Crippen MR) is 75.0 cm³/mol. The van der Waals surface area contributed by atoms with Crippen LogP contribution >= 0.6 is 0 Å². The zero-order chi connectivity index (χ0) is 13.4. The highest BCUT2D eigenvalue weighted by Gasteiger charge is 2.19. The minimum Gasteiger partial charge on any atom is -0.186 e. The molecule has 0 N–H and O–H groups in total. The van der Waals surface area contributed by atoms with Crippen LogP contribution in [-0.2, 0) is 4.94 Å². The summed E-state index contributed by atoms with van der Waals surface area (Å²) in [4.78, 5) is 4.18. The highest BCUT2D eigenvalue weighted by molar-refractivity contribution is 5.24. The summed E-state index contributed by atoms with van der Waals surface area (Å²) in [7, 11) is 0. The van der Waals surface area contributed by atoms with Crippen molar-refractivity contribution in [1.29, 1.82) is 0 Å². The Labute approximate surface area is 111 Å².